The second kappa shape index (κ2) is 8.86. The summed E-state index contributed by atoms with van der Waals surface area (Å²) in [5.41, 5.74) is 8.69. The lowest BCUT2D eigenvalue weighted by Gasteiger charge is -2.27. The van der Waals surface area contributed by atoms with Crippen molar-refractivity contribution in [3.05, 3.63) is 90.3 Å². The molecule has 2 aliphatic rings. The Hall–Kier alpha value is -2.80. The minimum absolute atomic E-state index is 0.0140. The van der Waals surface area contributed by atoms with Crippen molar-refractivity contribution in [3.63, 3.8) is 0 Å². The fraction of sp³-hybridized carbons (Fsp3) is 0.125. The van der Waals surface area contributed by atoms with Crippen LogP contribution in [0.3, 0.4) is 0 Å². The minimum Gasteiger partial charge on any atom is -0.486 e. The van der Waals surface area contributed by atoms with Crippen LogP contribution in [0.25, 0.3) is 0 Å². The van der Waals surface area contributed by atoms with E-state index in [0.29, 0.717) is 50.8 Å². The molecule has 0 spiro atoms. The molecule has 2 N–H and O–H groups in total. The summed E-state index contributed by atoms with van der Waals surface area (Å²) in [5.74, 6) is 1.43. The summed E-state index contributed by atoms with van der Waals surface area (Å²) in [6.07, 6.45) is 0. The Balaban J connectivity index is 1.52. The third kappa shape index (κ3) is 4.14. The van der Waals surface area contributed by atoms with Crippen molar-refractivity contribution in [1.82, 2.24) is 0 Å². The van der Waals surface area contributed by atoms with Crippen LogP contribution in [-0.2, 0) is 6.61 Å². The molecule has 2 aliphatic heterocycles. The summed E-state index contributed by atoms with van der Waals surface area (Å²) in [6.45, 7) is 0.427. The third-order valence-corrected chi connectivity index (χ3v) is 6.64. The SMILES string of the molecule is N#CC1=C(N)Oc2cc3c(cc2[C@H]1c1cc(Cl)c(OCc2ccc(I)cc2)c(Cl)c1)OCO3. The molecule has 0 bridgehead atoms. The maximum absolute atomic E-state index is 9.82. The van der Waals surface area contributed by atoms with Gasteiger partial charge in [-0.1, -0.05) is 35.3 Å². The molecule has 3 aromatic rings. The highest BCUT2D eigenvalue weighted by Crippen LogP contribution is 2.49. The minimum atomic E-state index is -0.548. The topological polar surface area (TPSA) is 86.7 Å². The fourth-order valence-electron chi connectivity index (χ4n) is 3.81. The highest BCUT2D eigenvalue weighted by atomic mass is 127. The summed E-state index contributed by atoms with van der Waals surface area (Å²) >= 11 is 15.4. The van der Waals surface area contributed by atoms with E-state index in [-0.39, 0.29) is 18.2 Å². The Labute approximate surface area is 213 Å². The summed E-state index contributed by atoms with van der Waals surface area (Å²) in [5, 5.41) is 10.5. The van der Waals surface area contributed by atoms with Gasteiger partial charge < -0.3 is 24.7 Å². The maximum atomic E-state index is 9.82. The smallest absolute Gasteiger partial charge is 0.231 e. The summed E-state index contributed by atoms with van der Waals surface area (Å²) in [7, 11) is 0. The van der Waals surface area contributed by atoms with E-state index < -0.39 is 5.92 Å². The zero-order valence-corrected chi connectivity index (χ0v) is 20.6. The molecule has 33 heavy (non-hydrogen) atoms. The summed E-state index contributed by atoms with van der Waals surface area (Å²) in [6, 6.07) is 17.1. The molecule has 0 fully saturated rings. The lowest BCUT2D eigenvalue weighted by molar-refractivity contribution is 0.174. The van der Waals surface area contributed by atoms with Gasteiger partial charge in [0.15, 0.2) is 17.2 Å². The molecule has 0 aromatic heterocycles. The fourth-order valence-corrected chi connectivity index (χ4v) is 4.78. The molecule has 166 valence electrons. The first-order valence-electron chi connectivity index (χ1n) is 9.82. The first kappa shape index (κ1) is 22.0. The van der Waals surface area contributed by atoms with Gasteiger partial charge in [-0.3, -0.25) is 0 Å². The zero-order chi connectivity index (χ0) is 23.1. The average Bonchev–Trinajstić information content (AvgIpc) is 3.24. The van der Waals surface area contributed by atoms with Gasteiger partial charge in [-0.05, 0) is 64.0 Å². The maximum Gasteiger partial charge on any atom is 0.231 e. The van der Waals surface area contributed by atoms with Gasteiger partial charge in [0, 0.05) is 15.2 Å². The first-order chi connectivity index (χ1) is 15.9. The molecule has 2 heterocycles. The number of nitrogens with two attached hydrogens (primary N) is 1. The number of benzene rings is 3. The molecule has 6 nitrogen and oxygen atoms in total. The number of hydrogen-bond donors (Lipinski definition) is 1. The average molecular weight is 593 g/mol. The van der Waals surface area contributed by atoms with Crippen LogP contribution < -0.4 is 24.7 Å². The summed E-state index contributed by atoms with van der Waals surface area (Å²) in [4.78, 5) is 0. The highest BCUT2D eigenvalue weighted by molar-refractivity contribution is 14.1. The number of nitriles is 1. The number of allylic oxidation sites excluding steroid dienone is 1. The van der Waals surface area contributed by atoms with Crippen molar-refractivity contribution in [2.24, 2.45) is 5.73 Å². The molecular formula is C24H15Cl2IN2O4. The molecular weight excluding hydrogens is 578 g/mol. The van der Waals surface area contributed by atoms with Gasteiger partial charge in [-0.25, -0.2) is 0 Å². The monoisotopic (exact) mass is 592 g/mol. The molecule has 0 saturated carbocycles. The number of fused-ring (bicyclic) bond motifs is 2. The molecule has 5 rings (SSSR count). The van der Waals surface area contributed by atoms with Crippen LogP contribution in [0.1, 0.15) is 22.6 Å². The van der Waals surface area contributed by atoms with Crippen LogP contribution in [0.4, 0.5) is 0 Å². The van der Waals surface area contributed by atoms with Crippen LogP contribution in [0.5, 0.6) is 23.0 Å². The van der Waals surface area contributed by atoms with E-state index >= 15 is 0 Å². The van der Waals surface area contributed by atoms with Gasteiger partial charge in [-0.15, -0.1) is 0 Å². The van der Waals surface area contributed by atoms with Crippen LogP contribution in [0.2, 0.25) is 10.0 Å². The van der Waals surface area contributed by atoms with E-state index in [1.54, 1.807) is 24.3 Å². The van der Waals surface area contributed by atoms with Crippen molar-refractivity contribution in [3.8, 4) is 29.1 Å². The van der Waals surface area contributed by atoms with Crippen molar-refractivity contribution in [2.45, 2.75) is 12.5 Å². The van der Waals surface area contributed by atoms with Crippen LogP contribution in [0, 0.1) is 14.9 Å². The van der Waals surface area contributed by atoms with E-state index in [4.69, 9.17) is 47.9 Å². The largest absolute Gasteiger partial charge is 0.486 e. The molecule has 0 radical (unpaired) electrons. The van der Waals surface area contributed by atoms with Crippen molar-refractivity contribution >= 4 is 45.8 Å². The number of rotatable bonds is 4. The first-order valence-corrected chi connectivity index (χ1v) is 11.7. The van der Waals surface area contributed by atoms with Gasteiger partial charge in [0.05, 0.1) is 16.0 Å². The van der Waals surface area contributed by atoms with Gasteiger partial charge in [0.2, 0.25) is 12.7 Å². The van der Waals surface area contributed by atoms with E-state index in [1.807, 2.05) is 24.3 Å². The highest BCUT2D eigenvalue weighted by Gasteiger charge is 2.34. The number of hydrogen-bond acceptors (Lipinski definition) is 6. The van der Waals surface area contributed by atoms with Crippen LogP contribution in [-0.4, -0.2) is 6.79 Å². The third-order valence-electron chi connectivity index (χ3n) is 5.36. The number of halogens is 3. The van der Waals surface area contributed by atoms with Gasteiger partial charge in [-0.2, -0.15) is 5.26 Å². The van der Waals surface area contributed by atoms with Gasteiger partial charge in [0.25, 0.3) is 0 Å². The van der Waals surface area contributed by atoms with E-state index in [2.05, 4.69) is 28.7 Å². The Bertz CT molecular complexity index is 1310. The molecule has 0 saturated heterocycles. The van der Waals surface area contributed by atoms with Crippen molar-refractivity contribution < 1.29 is 18.9 Å². The van der Waals surface area contributed by atoms with E-state index in [0.717, 1.165) is 9.13 Å². The van der Waals surface area contributed by atoms with Crippen LogP contribution in [0.15, 0.2) is 60.0 Å². The lowest BCUT2D eigenvalue weighted by Crippen LogP contribution is -2.21. The summed E-state index contributed by atoms with van der Waals surface area (Å²) < 4.78 is 23.7. The molecule has 0 amide bonds. The molecule has 1 atom stereocenters. The van der Waals surface area contributed by atoms with E-state index in [9.17, 15) is 5.26 Å². The van der Waals surface area contributed by atoms with Gasteiger partial charge >= 0.3 is 0 Å². The van der Waals surface area contributed by atoms with Crippen molar-refractivity contribution in [2.75, 3.05) is 6.79 Å². The van der Waals surface area contributed by atoms with Gasteiger partial charge in [0.1, 0.15) is 24.0 Å². The molecule has 9 heteroatoms. The Morgan fingerprint density at radius 3 is 2.36 bits per heavy atom. The quantitative estimate of drug-likeness (QED) is 0.367. The predicted octanol–water partition coefficient (Wildman–Crippen LogP) is 6.12. The van der Waals surface area contributed by atoms with E-state index in [1.165, 1.54) is 0 Å². The normalized spacial score (nSPS) is 16.1. The van der Waals surface area contributed by atoms with Crippen molar-refractivity contribution in [1.29, 1.82) is 5.26 Å². The lowest BCUT2D eigenvalue weighted by atomic mass is 9.83. The number of ether oxygens (including phenoxy) is 4. The zero-order valence-electron chi connectivity index (χ0n) is 16.9. The molecule has 0 unspecified atom stereocenters. The Morgan fingerprint density at radius 1 is 1.03 bits per heavy atom. The Morgan fingerprint density at radius 2 is 1.70 bits per heavy atom. The second-order valence-electron chi connectivity index (χ2n) is 7.40. The molecule has 3 aromatic carbocycles. The standard InChI is InChI=1S/C24H15Cl2IN2O4/c25-17-5-13(6-18(26)23(17)30-10-12-1-3-14(27)4-2-12)22-15-7-20-21(32-11-31-20)8-19(15)33-24(29)16(22)9-28/h1-8,22H,10-11,29H2/t22-/m1/s1. The predicted molar refractivity (Wildman–Crippen MR) is 132 cm³/mol. The van der Waals surface area contributed by atoms with Crippen LogP contribution >= 0.6 is 45.8 Å². The number of nitrogens with zero attached hydrogens (tertiary/aromatic N) is 1. The second-order valence-corrected chi connectivity index (χ2v) is 9.46. The Kier molecular flexibility index (Phi) is 5.91. The molecule has 0 aliphatic carbocycles.